The SMILES string of the molecule is COc1cccc(C2C(=O)N(CC(NC(=O)OC(C)(C)C)c3ccccc3)C(=O)N(Cc3c(F)cccc3C(F)(F)F)C2C)c1F. The number of hydrogen-bond donors (Lipinski definition) is 1. The molecule has 0 aliphatic carbocycles. The zero-order chi connectivity index (χ0) is 34.0. The molecule has 8 nitrogen and oxygen atoms in total. The average molecular weight is 648 g/mol. The highest BCUT2D eigenvalue weighted by Gasteiger charge is 2.48. The number of nitrogens with zero attached hydrogens (tertiary/aromatic N) is 2. The van der Waals surface area contributed by atoms with Crippen LogP contribution in [0.25, 0.3) is 0 Å². The van der Waals surface area contributed by atoms with Crippen LogP contribution in [0.4, 0.5) is 31.5 Å². The van der Waals surface area contributed by atoms with E-state index in [-0.39, 0.29) is 11.3 Å². The van der Waals surface area contributed by atoms with Crippen LogP contribution in [-0.2, 0) is 22.3 Å². The quantitative estimate of drug-likeness (QED) is 0.262. The van der Waals surface area contributed by atoms with Gasteiger partial charge in [-0.05, 0) is 51.5 Å². The molecule has 0 radical (unpaired) electrons. The topological polar surface area (TPSA) is 88.2 Å². The molecule has 0 saturated carbocycles. The molecule has 1 aliphatic heterocycles. The van der Waals surface area contributed by atoms with Crippen molar-refractivity contribution in [3.8, 4) is 5.75 Å². The van der Waals surface area contributed by atoms with Crippen LogP contribution in [0.3, 0.4) is 0 Å². The van der Waals surface area contributed by atoms with Crippen LogP contribution in [0.15, 0.2) is 66.7 Å². The third-order valence-electron chi connectivity index (χ3n) is 7.54. The Labute approximate surface area is 263 Å². The summed E-state index contributed by atoms with van der Waals surface area (Å²) in [5.74, 6) is -4.63. The highest BCUT2D eigenvalue weighted by Crippen LogP contribution is 2.39. The predicted molar refractivity (Wildman–Crippen MR) is 158 cm³/mol. The Morgan fingerprint density at radius 3 is 2.22 bits per heavy atom. The Hall–Kier alpha value is -4.68. The molecular weight excluding hydrogens is 613 g/mol. The Kier molecular flexibility index (Phi) is 9.93. The van der Waals surface area contributed by atoms with E-state index < -0.39 is 83.7 Å². The molecular formula is C33H34F5N3O5. The normalized spacial score (nSPS) is 18.0. The Balaban J connectivity index is 1.83. The van der Waals surface area contributed by atoms with Gasteiger partial charge in [-0.25, -0.2) is 18.4 Å². The van der Waals surface area contributed by atoms with Gasteiger partial charge in [0.05, 0.1) is 37.7 Å². The van der Waals surface area contributed by atoms with Gasteiger partial charge < -0.3 is 19.7 Å². The van der Waals surface area contributed by atoms with E-state index in [9.17, 15) is 27.6 Å². The van der Waals surface area contributed by atoms with Crippen LogP contribution in [0.5, 0.6) is 5.75 Å². The van der Waals surface area contributed by atoms with Gasteiger partial charge >= 0.3 is 18.3 Å². The standard InChI is InChI=1S/C33H34F5N3O5/c1-19-27(21-13-9-16-26(45-5)28(21)35)29(42)41(18-25(20-11-7-6-8-12-20)39-30(43)46-32(2,3)4)31(44)40(19)17-22-23(33(36,37)38)14-10-15-24(22)34/h6-16,19,25,27H,17-18H2,1-5H3,(H,39,43). The lowest BCUT2D eigenvalue weighted by atomic mass is 9.86. The minimum atomic E-state index is -4.96. The third-order valence-corrected chi connectivity index (χ3v) is 7.54. The maximum atomic E-state index is 15.6. The molecule has 3 unspecified atom stereocenters. The molecule has 3 atom stereocenters. The van der Waals surface area contributed by atoms with E-state index in [2.05, 4.69) is 5.32 Å². The second-order valence-corrected chi connectivity index (χ2v) is 11.8. The van der Waals surface area contributed by atoms with Crippen molar-refractivity contribution in [2.24, 2.45) is 0 Å². The molecule has 1 fully saturated rings. The van der Waals surface area contributed by atoms with Crippen LogP contribution in [0.2, 0.25) is 0 Å². The maximum absolute atomic E-state index is 15.6. The number of amides is 4. The number of carbonyl (C=O) groups is 3. The van der Waals surface area contributed by atoms with Crippen LogP contribution < -0.4 is 10.1 Å². The number of hydrogen-bond acceptors (Lipinski definition) is 5. The van der Waals surface area contributed by atoms with E-state index in [4.69, 9.17) is 9.47 Å². The van der Waals surface area contributed by atoms with E-state index in [1.165, 1.54) is 32.2 Å². The molecule has 46 heavy (non-hydrogen) atoms. The molecule has 0 spiro atoms. The summed E-state index contributed by atoms with van der Waals surface area (Å²) in [5.41, 5.74) is -2.72. The first-order valence-electron chi connectivity index (χ1n) is 14.4. The van der Waals surface area contributed by atoms with Crippen LogP contribution in [-0.4, -0.2) is 53.1 Å². The van der Waals surface area contributed by atoms with E-state index in [0.717, 1.165) is 21.9 Å². The van der Waals surface area contributed by atoms with Gasteiger partial charge in [-0.2, -0.15) is 13.2 Å². The fourth-order valence-electron chi connectivity index (χ4n) is 5.38. The first-order chi connectivity index (χ1) is 21.5. The Morgan fingerprint density at radius 1 is 0.957 bits per heavy atom. The summed E-state index contributed by atoms with van der Waals surface area (Å²) < 4.78 is 82.9. The van der Waals surface area contributed by atoms with Gasteiger partial charge in [0, 0.05) is 17.2 Å². The number of methoxy groups -OCH3 is 1. The first kappa shape index (κ1) is 34.2. The van der Waals surface area contributed by atoms with Crippen molar-refractivity contribution in [1.29, 1.82) is 0 Å². The Bertz CT molecular complexity index is 1590. The van der Waals surface area contributed by atoms with Gasteiger partial charge in [0.2, 0.25) is 5.91 Å². The van der Waals surface area contributed by atoms with Gasteiger partial charge in [0.15, 0.2) is 11.6 Å². The molecule has 1 aliphatic rings. The first-order valence-corrected chi connectivity index (χ1v) is 14.4. The number of rotatable bonds is 8. The minimum absolute atomic E-state index is 0.180. The predicted octanol–water partition coefficient (Wildman–Crippen LogP) is 7.19. The monoisotopic (exact) mass is 647 g/mol. The summed E-state index contributed by atoms with van der Waals surface area (Å²) in [5, 5.41) is 2.65. The van der Waals surface area contributed by atoms with E-state index in [1.807, 2.05) is 0 Å². The van der Waals surface area contributed by atoms with Crippen LogP contribution in [0.1, 0.15) is 61.9 Å². The van der Waals surface area contributed by atoms with Crippen LogP contribution in [0, 0.1) is 11.6 Å². The number of nitrogens with one attached hydrogen (secondary N) is 1. The van der Waals surface area contributed by atoms with Crippen molar-refractivity contribution >= 4 is 18.0 Å². The number of urea groups is 1. The molecule has 1 N–H and O–H groups in total. The van der Waals surface area contributed by atoms with E-state index in [0.29, 0.717) is 11.6 Å². The zero-order valence-electron chi connectivity index (χ0n) is 25.8. The molecule has 13 heteroatoms. The molecule has 1 saturated heterocycles. The van der Waals surface area contributed by atoms with Gasteiger partial charge in [0.1, 0.15) is 11.4 Å². The molecule has 3 aromatic carbocycles. The highest BCUT2D eigenvalue weighted by atomic mass is 19.4. The molecule has 246 valence electrons. The minimum Gasteiger partial charge on any atom is -0.494 e. The van der Waals surface area contributed by atoms with Crippen molar-refractivity contribution in [1.82, 2.24) is 15.1 Å². The van der Waals surface area contributed by atoms with E-state index in [1.54, 1.807) is 51.1 Å². The summed E-state index contributed by atoms with van der Waals surface area (Å²) in [6, 6.07) is 11.5. The third kappa shape index (κ3) is 7.40. The lowest BCUT2D eigenvalue weighted by Gasteiger charge is -2.44. The van der Waals surface area contributed by atoms with Crippen molar-refractivity contribution < 1.29 is 45.8 Å². The fourth-order valence-corrected chi connectivity index (χ4v) is 5.38. The lowest BCUT2D eigenvalue weighted by Crippen LogP contribution is -2.61. The average Bonchev–Trinajstić information content (AvgIpc) is 2.97. The largest absolute Gasteiger partial charge is 0.494 e. The smallest absolute Gasteiger partial charge is 0.416 e. The van der Waals surface area contributed by atoms with Crippen molar-refractivity contribution in [2.75, 3.05) is 13.7 Å². The number of halogens is 5. The summed E-state index contributed by atoms with van der Waals surface area (Å²) >= 11 is 0. The second kappa shape index (κ2) is 13.4. The number of alkyl halides is 3. The molecule has 0 bridgehead atoms. The van der Waals surface area contributed by atoms with Crippen LogP contribution >= 0.6 is 0 Å². The maximum Gasteiger partial charge on any atom is 0.416 e. The second-order valence-electron chi connectivity index (χ2n) is 11.8. The van der Waals surface area contributed by atoms with Gasteiger partial charge in [0.25, 0.3) is 0 Å². The molecule has 4 amide bonds. The van der Waals surface area contributed by atoms with Gasteiger partial charge in [-0.15, -0.1) is 0 Å². The highest BCUT2D eigenvalue weighted by molar-refractivity contribution is 6.01. The number of imide groups is 1. The van der Waals surface area contributed by atoms with Crippen molar-refractivity contribution in [2.45, 2.75) is 64.0 Å². The van der Waals surface area contributed by atoms with E-state index >= 15 is 8.78 Å². The number of benzene rings is 3. The zero-order valence-corrected chi connectivity index (χ0v) is 25.8. The molecule has 4 rings (SSSR count). The fraction of sp³-hybridized carbons (Fsp3) is 0.364. The van der Waals surface area contributed by atoms with Gasteiger partial charge in [-0.3, -0.25) is 9.69 Å². The van der Waals surface area contributed by atoms with Crippen molar-refractivity contribution in [3.05, 3.63) is 101 Å². The summed E-state index contributed by atoms with van der Waals surface area (Å²) in [4.78, 5) is 42.7. The van der Waals surface area contributed by atoms with Crippen molar-refractivity contribution in [3.63, 3.8) is 0 Å². The number of carbonyl (C=O) groups excluding carboxylic acids is 3. The summed E-state index contributed by atoms with van der Waals surface area (Å²) in [7, 11) is 1.22. The van der Waals surface area contributed by atoms with Gasteiger partial charge in [-0.1, -0.05) is 48.5 Å². The molecule has 0 aromatic heterocycles. The Morgan fingerprint density at radius 2 is 1.61 bits per heavy atom. The lowest BCUT2D eigenvalue weighted by molar-refractivity contribution is -0.140. The number of ether oxygens (including phenoxy) is 2. The molecule has 3 aromatic rings. The summed E-state index contributed by atoms with van der Waals surface area (Å²) in [6.45, 7) is 4.92. The summed E-state index contributed by atoms with van der Waals surface area (Å²) in [6.07, 6.45) is -5.82. The molecule has 1 heterocycles. The number of alkyl carbamates (subject to hydrolysis) is 1.